The standard InChI is InChI=1S/C15H30N2O2/c1-6-19-14(18)11-13(12-15(2,3)4)17-9-7-16(5)8-10-17/h13H,6-12H2,1-5H3. The Hall–Kier alpha value is -0.610. The summed E-state index contributed by atoms with van der Waals surface area (Å²) < 4.78 is 5.12. The molecule has 112 valence electrons. The minimum Gasteiger partial charge on any atom is -0.466 e. The summed E-state index contributed by atoms with van der Waals surface area (Å²) in [7, 11) is 2.15. The van der Waals surface area contributed by atoms with Gasteiger partial charge in [-0.2, -0.15) is 0 Å². The third kappa shape index (κ3) is 6.39. The number of ether oxygens (including phenoxy) is 1. The third-order valence-corrected chi connectivity index (χ3v) is 3.61. The Kier molecular flexibility index (Phi) is 6.27. The maximum absolute atomic E-state index is 11.8. The molecule has 0 spiro atoms. The van der Waals surface area contributed by atoms with Crippen LogP contribution in [0.25, 0.3) is 0 Å². The minimum atomic E-state index is -0.0596. The summed E-state index contributed by atoms with van der Waals surface area (Å²) in [5, 5.41) is 0. The van der Waals surface area contributed by atoms with Gasteiger partial charge in [-0.25, -0.2) is 0 Å². The molecule has 4 heteroatoms. The molecule has 1 heterocycles. The Morgan fingerprint density at radius 2 is 1.79 bits per heavy atom. The molecule has 0 amide bonds. The zero-order valence-corrected chi connectivity index (χ0v) is 13.2. The van der Waals surface area contributed by atoms with Crippen LogP contribution in [-0.4, -0.2) is 61.6 Å². The van der Waals surface area contributed by atoms with Gasteiger partial charge in [0.25, 0.3) is 0 Å². The van der Waals surface area contributed by atoms with E-state index in [0.717, 1.165) is 32.6 Å². The van der Waals surface area contributed by atoms with Crippen LogP contribution in [0, 0.1) is 5.41 Å². The zero-order valence-electron chi connectivity index (χ0n) is 13.2. The van der Waals surface area contributed by atoms with E-state index in [9.17, 15) is 4.79 Å². The fourth-order valence-corrected chi connectivity index (χ4v) is 2.64. The smallest absolute Gasteiger partial charge is 0.307 e. The van der Waals surface area contributed by atoms with Crippen molar-refractivity contribution in [2.24, 2.45) is 5.41 Å². The van der Waals surface area contributed by atoms with Gasteiger partial charge in [-0.1, -0.05) is 20.8 Å². The van der Waals surface area contributed by atoms with Crippen LogP contribution in [0.3, 0.4) is 0 Å². The van der Waals surface area contributed by atoms with E-state index in [4.69, 9.17) is 4.74 Å². The maximum atomic E-state index is 11.8. The summed E-state index contributed by atoms with van der Waals surface area (Å²) in [4.78, 5) is 16.6. The van der Waals surface area contributed by atoms with Gasteiger partial charge in [-0.15, -0.1) is 0 Å². The molecule has 4 nitrogen and oxygen atoms in total. The Labute approximate surface area is 118 Å². The van der Waals surface area contributed by atoms with Crippen LogP contribution < -0.4 is 0 Å². The average Bonchev–Trinajstić information content (AvgIpc) is 2.27. The number of carbonyl (C=O) groups is 1. The molecule has 1 aliphatic rings. The molecule has 19 heavy (non-hydrogen) atoms. The average molecular weight is 270 g/mol. The maximum Gasteiger partial charge on any atom is 0.307 e. The highest BCUT2D eigenvalue weighted by atomic mass is 16.5. The van der Waals surface area contributed by atoms with Gasteiger partial charge in [0.05, 0.1) is 13.0 Å². The van der Waals surface area contributed by atoms with Crippen molar-refractivity contribution < 1.29 is 9.53 Å². The first-order chi connectivity index (χ1) is 8.81. The molecule has 1 fully saturated rings. The number of carbonyl (C=O) groups excluding carboxylic acids is 1. The SMILES string of the molecule is CCOC(=O)CC(CC(C)(C)C)N1CCN(C)CC1. The summed E-state index contributed by atoms with van der Waals surface area (Å²) in [6.07, 6.45) is 1.56. The van der Waals surface area contributed by atoms with Crippen LogP contribution in [-0.2, 0) is 9.53 Å². The van der Waals surface area contributed by atoms with E-state index in [1.54, 1.807) is 0 Å². The number of rotatable bonds is 5. The van der Waals surface area contributed by atoms with Crippen molar-refractivity contribution in [3.05, 3.63) is 0 Å². The molecule has 0 radical (unpaired) electrons. The lowest BCUT2D eigenvalue weighted by Crippen LogP contribution is -2.50. The molecule has 0 aromatic carbocycles. The molecule has 1 atom stereocenters. The van der Waals surface area contributed by atoms with E-state index in [2.05, 4.69) is 37.6 Å². The minimum absolute atomic E-state index is 0.0596. The lowest BCUT2D eigenvalue weighted by molar-refractivity contribution is -0.145. The van der Waals surface area contributed by atoms with Crippen molar-refractivity contribution in [1.82, 2.24) is 9.80 Å². The molecule has 0 aliphatic carbocycles. The van der Waals surface area contributed by atoms with Crippen LogP contribution in [0.5, 0.6) is 0 Å². The van der Waals surface area contributed by atoms with Gasteiger partial charge in [-0.3, -0.25) is 9.69 Å². The zero-order chi connectivity index (χ0) is 14.5. The molecule has 1 saturated heterocycles. The molecule has 1 unspecified atom stereocenters. The van der Waals surface area contributed by atoms with E-state index in [1.165, 1.54) is 0 Å². The first kappa shape index (κ1) is 16.4. The van der Waals surface area contributed by atoms with Crippen molar-refractivity contribution in [3.8, 4) is 0 Å². The molecule has 1 aliphatic heterocycles. The third-order valence-electron chi connectivity index (χ3n) is 3.61. The normalized spacial score (nSPS) is 20.3. The predicted molar refractivity (Wildman–Crippen MR) is 78.2 cm³/mol. The van der Waals surface area contributed by atoms with Gasteiger partial charge in [0.15, 0.2) is 0 Å². The van der Waals surface area contributed by atoms with E-state index in [-0.39, 0.29) is 11.4 Å². The molecule has 0 aromatic rings. The number of piperazine rings is 1. The largest absolute Gasteiger partial charge is 0.466 e. The van der Waals surface area contributed by atoms with Gasteiger partial charge >= 0.3 is 5.97 Å². The topological polar surface area (TPSA) is 32.8 Å². The lowest BCUT2D eigenvalue weighted by atomic mass is 9.86. The molecule has 1 rings (SSSR count). The van der Waals surface area contributed by atoms with Crippen molar-refractivity contribution in [1.29, 1.82) is 0 Å². The molecule has 0 bridgehead atoms. The van der Waals surface area contributed by atoms with E-state index in [0.29, 0.717) is 19.1 Å². The number of hydrogen-bond donors (Lipinski definition) is 0. The summed E-state index contributed by atoms with van der Waals surface area (Å²) in [6, 6.07) is 0.313. The van der Waals surface area contributed by atoms with Gasteiger partial charge in [0.1, 0.15) is 0 Å². The van der Waals surface area contributed by atoms with Crippen molar-refractivity contribution >= 4 is 5.97 Å². The number of esters is 1. The lowest BCUT2D eigenvalue weighted by Gasteiger charge is -2.40. The number of nitrogens with zero attached hydrogens (tertiary/aromatic N) is 2. The van der Waals surface area contributed by atoms with Gasteiger partial charge in [-0.05, 0) is 25.8 Å². The molecule has 0 N–H and O–H groups in total. The second-order valence-electron chi connectivity index (χ2n) is 6.77. The first-order valence-corrected chi connectivity index (χ1v) is 7.40. The molecule has 0 aromatic heterocycles. The summed E-state index contributed by atoms with van der Waals surface area (Å²) in [5.74, 6) is -0.0596. The van der Waals surface area contributed by atoms with E-state index < -0.39 is 0 Å². The van der Waals surface area contributed by atoms with Crippen molar-refractivity contribution in [2.75, 3.05) is 39.8 Å². The molecular weight excluding hydrogens is 240 g/mol. The van der Waals surface area contributed by atoms with Crippen LogP contribution >= 0.6 is 0 Å². The van der Waals surface area contributed by atoms with Gasteiger partial charge in [0, 0.05) is 32.2 Å². The van der Waals surface area contributed by atoms with Crippen LogP contribution in [0.4, 0.5) is 0 Å². The Morgan fingerprint density at radius 3 is 2.26 bits per heavy atom. The van der Waals surface area contributed by atoms with Crippen molar-refractivity contribution in [2.45, 2.75) is 46.6 Å². The van der Waals surface area contributed by atoms with Crippen LogP contribution in [0.15, 0.2) is 0 Å². The van der Waals surface area contributed by atoms with Crippen LogP contribution in [0.1, 0.15) is 40.5 Å². The monoisotopic (exact) mass is 270 g/mol. The second kappa shape index (κ2) is 7.25. The predicted octanol–water partition coefficient (Wildman–Crippen LogP) is 1.99. The molecular formula is C15H30N2O2. The Morgan fingerprint density at radius 1 is 1.21 bits per heavy atom. The summed E-state index contributed by atoms with van der Waals surface area (Å²) in [6.45, 7) is 13.3. The summed E-state index contributed by atoms with van der Waals surface area (Å²) in [5.41, 5.74) is 0.237. The Bertz CT molecular complexity index is 278. The first-order valence-electron chi connectivity index (χ1n) is 7.40. The fraction of sp³-hybridized carbons (Fsp3) is 0.933. The van der Waals surface area contributed by atoms with E-state index >= 15 is 0 Å². The van der Waals surface area contributed by atoms with Crippen molar-refractivity contribution in [3.63, 3.8) is 0 Å². The van der Waals surface area contributed by atoms with Crippen LogP contribution in [0.2, 0.25) is 0 Å². The van der Waals surface area contributed by atoms with E-state index in [1.807, 2.05) is 6.92 Å². The highest BCUT2D eigenvalue weighted by molar-refractivity contribution is 5.70. The quantitative estimate of drug-likeness (QED) is 0.715. The summed E-state index contributed by atoms with van der Waals surface area (Å²) >= 11 is 0. The highest BCUT2D eigenvalue weighted by Crippen LogP contribution is 2.26. The Balaban J connectivity index is 2.60. The fourth-order valence-electron chi connectivity index (χ4n) is 2.64. The molecule has 0 saturated carbocycles. The number of hydrogen-bond acceptors (Lipinski definition) is 4. The van der Waals surface area contributed by atoms with Gasteiger partial charge in [0.2, 0.25) is 0 Å². The van der Waals surface area contributed by atoms with Gasteiger partial charge < -0.3 is 9.64 Å². The number of likely N-dealkylation sites (N-methyl/N-ethyl adjacent to an activating group) is 1. The second-order valence-corrected chi connectivity index (χ2v) is 6.77. The highest BCUT2D eigenvalue weighted by Gasteiger charge is 2.28.